The number of fused-ring (bicyclic) bond motifs is 1. The molecule has 5 heteroatoms. The van der Waals surface area contributed by atoms with Crippen LogP contribution < -0.4 is 4.74 Å². The van der Waals surface area contributed by atoms with Gasteiger partial charge in [0.05, 0.1) is 16.8 Å². The first-order valence-corrected chi connectivity index (χ1v) is 5.78. The molecule has 0 amide bonds. The van der Waals surface area contributed by atoms with Crippen LogP contribution in [0.15, 0.2) is 12.1 Å². The summed E-state index contributed by atoms with van der Waals surface area (Å²) in [5.41, 5.74) is 0.851. The lowest BCUT2D eigenvalue weighted by Gasteiger charge is -1.99. The van der Waals surface area contributed by atoms with Crippen molar-refractivity contribution in [3.8, 4) is 5.75 Å². The Hall–Kier alpha value is -0.0700. The second-order valence-corrected chi connectivity index (χ2v) is 5.55. The lowest BCUT2D eigenvalue weighted by molar-refractivity contribution is 0.419. The standard InChI is InChI=1S/C8H5ClINOS/c1-12-5-3-2-4(9)7-6(5)11-8(10)13-7/h2-3H,1H3. The van der Waals surface area contributed by atoms with Gasteiger partial charge < -0.3 is 4.74 Å². The van der Waals surface area contributed by atoms with Gasteiger partial charge in [0.2, 0.25) is 0 Å². The van der Waals surface area contributed by atoms with E-state index in [1.165, 1.54) is 0 Å². The Morgan fingerprint density at radius 1 is 1.54 bits per heavy atom. The number of aromatic nitrogens is 1. The van der Waals surface area contributed by atoms with Gasteiger partial charge in [0, 0.05) is 0 Å². The summed E-state index contributed by atoms with van der Waals surface area (Å²) < 4.78 is 7.14. The first-order chi connectivity index (χ1) is 6.22. The fraction of sp³-hybridized carbons (Fsp3) is 0.125. The first-order valence-electron chi connectivity index (χ1n) is 3.51. The molecular formula is C8H5ClINOS. The maximum atomic E-state index is 6.01. The minimum Gasteiger partial charge on any atom is -0.494 e. The quantitative estimate of drug-likeness (QED) is 0.748. The van der Waals surface area contributed by atoms with Gasteiger partial charge in [-0.3, -0.25) is 0 Å². The largest absolute Gasteiger partial charge is 0.494 e. The SMILES string of the molecule is COc1ccc(Cl)c2sc(I)nc12. The third-order valence-electron chi connectivity index (χ3n) is 1.65. The van der Waals surface area contributed by atoms with E-state index in [2.05, 4.69) is 27.6 Å². The number of methoxy groups -OCH3 is 1. The number of rotatable bonds is 1. The van der Waals surface area contributed by atoms with Gasteiger partial charge in [0.15, 0.2) is 3.01 Å². The minimum atomic E-state index is 0.733. The van der Waals surface area contributed by atoms with Crippen molar-refractivity contribution in [2.75, 3.05) is 7.11 Å². The molecular weight excluding hydrogens is 321 g/mol. The van der Waals surface area contributed by atoms with Crippen LogP contribution in [0.25, 0.3) is 10.2 Å². The number of ether oxygens (including phenoxy) is 1. The zero-order chi connectivity index (χ0) is 9.42. The van der Waals surface area contributed by atoms with E-state index in [4.69, 9.17) is 16.3 Å². The molecule has 0 radical (unpaired) electrons. The van der Waals surface area contributed by atoms with Crippen LogP contribution in [0.4, 0.5) is 0 Å². The maximum absolute atomic E-state index is 6.01. The van der Waals surface area contributed by atoms with E-state index in [-0.39, 0.29) is 0 Å². The fourth-order valence-electron chi connectivity index (χ4n) is 1.09. The number of nitrogens with zero attached hydrogens (tertiary/aromatic N) is 1. The summed E-state index contributed by atoms with van der Waals surface area (Å²) in [4.78, 5) is 4.34. The van der Waals surface area contributed by atoms with E-state index in [1.54, 1.807) is 18.4 Å². The number of benzene rings is 1. The van der Waals surface area contributed by atoms with Crippen molar-refractivity contribution >= 4 is 55.7 Å². The fourth-order valence-corrected chi connectivity index (χ4v) is 2.97. The topological polar surface area (TPSA) is 22.1 Å². The smallest absolute Gasteiger partial charge is 0.155 e. The van der Waals surface area contributed by atoms with Gasteiger partial charge in [0.1, 0.15) is 11.3 Å². The molecule has 0 N–H and O–H groups in total. The Balaban J connectivity index is 2.83. The van der Waals surface area contributed by atoms with Crippen LogP contribution in [0.3, 0.4) is 0 Å². The Morgan fingerprint density at radius 2 is 2.31 bits per heavy atom. The van der Waals surface area contributed by atoms with E-state index < -0.39 is 0 Å². The summed E-state index contributed by atoms with van der Waals surface area (Å²) in [6.07, 6.45) is 0. The van der Waals surface area contributed by atoms with Crippen LogP contribution in [-0.2, 0) is 0 Å². The molecule has 0 spiro atoms. The first kappa shape index (κ1) is 9.48. The normalized spacial score (nSPS) is 10.7. The van der Waals surface area contributed by atoms with Crippen LogP contribution >= 0.6 is 45.5 Å². The molecule has 0 unspecified atom stereocenters. The average molecular weight is 326 g/mol. The molecule has 1 aromatic heterocycles. The lowest BCUT2D eigenvalue weighted by atomic mass is 10.3. The molecule has 0 aliphatic carbocycles. The highest BCUT2D eigenvalue weighted by Crippen LogP contribution is 2.35. The lowest BCUT2D eigenvalue weighted by Crippen LogP contribution is -1.83. The molecule has 2 aromatic rings. The van der Waals surface area contributed by atoms with Crippen molar-refractivity contribution in [3.63, 3.8) is 0 Å². The zero-order valence-electron chi connectivity index (χ0n) is 6.67. The van der Waals surface area contributed by atoms with Gasteiger partial charge in [-0.15, -0.1) is 11.3 Å². The predicted octanol–water partition coefficient (Wildman–Crippen LogP) is 3.56. The van der Waals surface area contributed by atoms with E-state index in [0.29, 0.717) is 0 Å². The third kappa shape index (κ3) is 1.62. The molecule has 0 saturated heterocycles. The van der Waals surface area contributed by atoms with Crippen molar-refractivity contribution in [2.24, 2.45) is 0 Å². The highest BCUT2D eigenvalue weighted by Gasteiger charge is 2.09. The maximum Gasteiger partial charge on any atom is 0.155 e. The van der Waals surface area contributed by atoms with Crippen molar-refractivity contribution in [3.05, 3.63) is 20.2 Å². The predicted molar refractivity (Wildman–Crippen MR) is 63.9 cm³/mol. The van der Waals surface area contributed by atoms with Crippen molar-refractivity contribution in [2.45, 2.75) is 0 Å². The van der Waals surface area contributed by atoms with Gasteiger partial charge in [0.25, 0.3) is 0 Å². The Kier molecular flexibility index (Phi) is 2.62. The molecule has 13 heavy (non-hydrogen) atoms. The Bertz CT molecular complexity index is 457. The summed E-state index contributed by atoms with van der Waals surface area (Å²) in [7, 11) is 1.63. The molecule has 2 rings (SSSR count). The van der Waals surface area contributed by atoms with Crippen molar-refractivity contribution in [1.82, 2.24) is 4.98 Å². The molecule has 1 aromatic carbocycles. The van der Waals surface area contributed by atoms with E-state index in [0.717, 1.165) is 24.0 Å². The highest BCUT2D eigenvalue weighted by molar-refractivity contribution is 14.1. The number of halogens is 2. The van der Waals surface area contributed by atoms with E-state index in [1.807, 2.05) is 12.1 Å². The van der Waals surface area contributed by atoms with Gasteiger partial charge >= 0.3 is 0 Å². The average Bonchev–Trinajstić information content (AvgIpc) is 2.48. The van der Waals surface area contributed by atoms with Crippen molar-refractivity contribution in [1.29, 1.82) is 0 Å². The zero-order valence-corrected chi connectivity index (χ0v) is 10.4. The van der Waals surface area contributed by atoms with Crippen LogP contribution in [0.2, 0.25) is 5.02 Å². The number of hydrogen-bond donors (Lipinski definition) is 0. The summed E-state index contributed by atoms with van der Waals surface area (Å²) in [5.74, 6) is 0.776. The Labute approximate surface area is 98.0 Å². The van der Waals surface area contributed by atoms with E-state index >= 15 is 0 Å². The summed E-state index contributed by atoms with van der Waals surface area (Å²) >= 11 is 9.76. The molecule has 0 aliphatic rings. The van der Waals surface area contributed by atoms with Gasteiger partial charge in [-0.25, -0.2) is 4.98 Å². The molecule has 0 aliphatic heterocycles. The molecule has 68 valence electrons. The number of hydrogen-bond acceptors (Lipinski definition) is 3. The Morgan fingerprint density at radius 3 is 3.00 bits per heavy atom. The monoisotopic (exact) mass is 325 g/mol. The molecule has 0 fully saturated rings. The van der Waals surface area contributed by atoms with Crippen LogP contribution in [0.5, 0.6) is 5.75 Å². The van der Waals surface area contributed by atoms with Gasteiger partial charge in [-0.1, -0.05) is 11.6 Å². The molecule has 0 bridgehead atoms. The highest BCUT2D eigenvalue weighted by atomic mass is 127. The van der Waals surface area contributed by atoms with Crippen LogP contribution in [0, 0.1) is 3.01 Å². The number of thiazole rings is 1. The summed E-state index contributed by atoms with van der Waals surface area (Å²) in [5, 5.41) is 0.733. The molecule has 1 heterocycles. The van der Waals surface area contributed by atoms with Crippen LogP contribution in [0.1, 0.15) is 0 Å². The minimum absolute atomic E-state index is 0.733. The van der Waals surface area contributed by atoms with Crippen LogP contribution in [-0.4, -0.2) is 12.1 Å². The molecule has 2 nitrogen and oxygen atoms in total. The summed E-state index contributed by atoms with van der Waals surface area (Å²) in [6.45, 7) is 0. The second kappa shape index (κ2) is 3.59. The molecule has 0 atom stereocenters. The molecule has 0 saturated carbocycles. The van der Waals surface area contributed by atoms with Crippen molar-refractivity contribution < 1.29 is 4.74 Å². The van der Waals surface area contributed by atoms with Gasteiger partial charge in [-0.2, -0.15) is 0 Å². The second-order valence-electron chi connectivity index (χ2n) is 2.39. The van der Waals surface area contributed by atoms with E-state index in [9.17, 15) is 0 Å². The third-order valence-corrected chi connectivity index (χ3v) is 3.86. The summed E-state index contributed by atoms with van der Waals surface area (Å²) in [6, 6.07) is 3.66. The van der Waals surface area contributed by atoms with Gasteiger partial charge in [-0.05, 0) is 34.7 Å².